The SMILES string of the molecule is CCCCC(CC)CNC(=O)N1CCCCC1CC(=O)O. The van der Waals surface area contributed by atoms with Gasteiger partial charge in [-0.25, -0.2) is 4.79 Å². The number of hydrogen-bond donors (Lipinski definition) is 2. The van der Waals surface area contributed by atoms with Crippen LogP contribution in [0.5, 0.6) is 0 Å². The zero-order valence-electron chi connectivity index (χ0n) is 13.4. The Kier molecular flexibility index (Phi) is 8.16. The largest absolute Gasteiger partial charge is 0.481 e. The van der Waals surface area contributed by atoms with E-state index in [9.17, 15) is 9.59 Å². The van der Waals surface area contributed by atoms with Crippen molar-refractivity contribution < 1.29 is 14.7 Å². The molecule has 0 aromatic rings. The van der Waals surface area contributed by atoms with Gasteiger partial charge in [-0.3, -0.25) is 4.79 Å². The number of likely N-dealkylation sites (tertiary alicyclic amines) is 1. The van der Waals surface area contributed by atoms with Gasteiger partial charge in [0.05, 0.1) is 6.42 Å². The maximum absolute atomic E-state index is 12.3. The van der Waals surface area contributed by atoms with Crippen molar-refractivity contribution in [2.45, 2.75) is 71.3 Å². The summed E-state index contributed by atoms with van der Waals surface area (Å²) >= 11 is 0. The van der Waals surface area contributed by atoms with Crippen molar-refractivity contribution in [2.75, 3.05) is 13.1 Å². The van der Waals surface area contributed by atoms with Crippen molar-refractivity contribution in [3.8, 4) is 0 Å². The predicted octanol–water partition coefficient (Wildman–Crippen LogP) is 3.24. The van der Waals surface area contributed by atoms with Gasteiger partial charge >= 0.3 is 12.0 Å². The monoisotopic (exact) mass is 298 g/mol. The van der Waals surface area contributed by atoms with Crippen molar-refractivity contribution in [1.82, 2.24) is 10.2 Å². The lowest BCUT2D eigenvalue weighted by molar-refractivity contribution is -0.138. The molecule has 1 heterocycles. The first-order chi connectivity index (χ1) is 10.1. The number of carboxylic acids is 1. The molecule has 0 spiro atoms. The quantitative estimate of drug-likeness (QED) is 0.722. The summed E-state index contributed by atoms with van der Waals surface area (Å²) in [6.45, 7) is 5.71. The minimum atomic E-state index is -0.825. The lowest BCUT2D eigenvalue weighted by Crippen LogP contribution is -2.50. The fourth-order valence-corrected chi connectivity index (χ4v) is 2.96. The molecular formula is C16H30N2O3. The molecule has 1 aliphatic rings. The number of unbranched alkanes of at least 4 members (excludes halogenated alkanes) is 1. The molecule has 0 radical (unpaired) electrons. The molecule has 0 aromatic carbocycles. The van der Waals surface area contributed by atoms with E-state index in [0.29, 0.717) is 19.0 Å². The minimum Gasteiger partial charge on any atom is -0.481 e. The fourth-order valence-electron chi connectivity index (χ4n) is 2.96. The van der Waals surface area contributed by atoms with Gasteiger partial charge in [-0.05, 0) is 31.6 Å². The van der Waals surface area contributed by atoms with Crippen LogP contribution in [0.4, 0.5) is 4.79 Å². The molecule has 1 fully saturated rings. The Morgan fingerprint density at radius 1 is 1.33 bits per heavy atom. The molecule has 21 heavy (non-hydrogen) atoms. The van der Waals surface area contributed by atoms with Gasteiger partial charge < -0.3 is 15.3 Å². The van der Waals surface area contributed by atoms with E-state index in [-0.39, 0.29) is 18.5 Å². The summed E-state index contributed by atoms with van der Waals surface area (Å²) in [4.78, 5) is 24.9. The summed E-state index contributed by atoms with van der Waals surface area (Å²) in [7, 11) is 0. The van der Waals surface area contributed by atoms with Gasteiger partial charge in [0, 0.05) is 19.1 Å². The van der Waals surface area contributed by atoms with Crippen LogP contribution in [-0.4, -0.2) is 41.1 Å². The Morgan fingerprint density at radius 2 is 2.10 bits per heavy atom. The summed E-state index contributed by atoms with van der Waals surface area (Å²) in [5, 5.41) is 12.0. The van der Waals surface area contributed by atoms with Crippen LogP contribution in [0.2, 0.25) is 0 Å². The highest BCUT2D eigenvalue weighted by molar-refractivity contribution is 5.76. The van der Waals surface area contributed by atoms with Crippen LogP contribution in [0.3, 0.4) is 0 Å². The van der Waals surface area contributed by atoms with Crippen LogP contribution in [0.25, 0.3) is 0 Å². The number of rotatable bonds is 8. The van der Waals surface area contributed by atoms with E-state index < -0.39 is 5.97 Å². The maximum atomic E-state index is 12.3. The van der Waals surface area contributed by atoms with Crippen molar-refractivity contribution in [3.63, 3.8) is 0 Å². The average molecular weight is 298 g/mol. The molecule has 2 unspecified atom stereocenters. The third-order valence-electron chi connectivity index (χ3n) is 4.38. The molecule has 0 bridgehead atoms. The molecule has 0 saturated carbocycles. The van der Waals surface area contributed by atoms with Crippen molar-refractivity contribution in [1.29, 1.82) is 0 Å². The first-order valence-corrected chi connectivity index (χ1v) is 8.34. The lowest BCUT2D eigenvalue weighted by atomic mass is 9.99. The summed E-state index contributed by atoms with van der Waals surface area (Å²) in [5.41, 5.74) is 0. The number of nitrogens with zero attached hydrogens (tertiary/aromatic N) is 1. The zero-order chi connectivity index (χ0) is 15.7. The van der Waals surface area contributed by atoms with Crippen LogP contribution >= 0.6 is 0 Å². The van der Waals surface area contributed by atoms with Crippen molar-refractivity contribution in [2.24, 2.45) is 5.92 Å². The third-order valence-corrected chi connectivity index (χ3v) is 4.38. The second-order valence-electron chi connectivity index (χ2n) is 6.04. The Morgan fingerprint density at radius 3 is 2.71 bits per heavy atom. The first kappa shape index (κ1) is 17.8. The standard InChI is InChI=1S/C16H30N2O3/c1-3-5-8-13(4-2)12-17-16(21)18-10-7-6-9-14(18)11-15(19)20/h13-14H,3-12H2,1-2H3,(H,17,21)(H,19,20). The van der Waals surface area contributed by atoms with Gasteiger partial charge in [-0.1, -0.05) is 33.1 Å². The highest BCUT2D eigenvalue weighted by Crippen LogP contribution is 2.20. The van der Waals surface area contributed by atoms with Gasteiger partial charge in [-0.15, -0.1) is 0 Å². The Balaban J connectivity index is 2.45. The molecule has 0 aliphatic carbocycles. The van der Waals surface area contributed by atoms with Crippen LogP contribution in [0, 0.1) is 5.92 Å². The van der Waals surface area contributed by atoms with Gasteiger partial charge in [0.25, 0.3) is 0 Å². The maximum Gasteiger partial charge on any atom is 0.317 e. The van der Waals surface area contributed by atoms with E-state index in [2.05, 4.69) is 19.2 Å². The highest BCUT2D eigenvalue weighted by atomic mass is 16.4. The lowest BCUT2D eigenvalue weighted by Gasteiger charge is -2.35. The number of amides is 2. The van der Waals surface area contributed by atoms with Crippen LogP contribution in [0.1, 0.15) is 65.2 Å². The number of urea groups is 1. The summed E-state index contributed by atoms with van der Waals surface area (Å²) in [5.74, 6) is -0.300. The van der Waals surface area contributed by atoms with E-state index in [0.717, 1.165) is 32.1 Å². The number of carbonyl (C=O) groups is 2. The molecular weight excluding hydrogens is 268 g/mol. The summed E-state index contributed by atoms with van der Waals surface area (Å²) < 4.78 is 0. The normalized spacial score (nSPS) is 20.1. The average Bonchev–Trinajstić information content (AvgIpc) is 2.47. The van der Waals surface area contributed by atoms with Crippen molar-refractivity contribution >= 4 is 12.0 Å². The van der Waals surface area contributed by atoms with Crippen LogP contribution in [-0.2, 0) is 4.79 Å². The van der Waals surface area contributed by atoms with Gasteiger partial charge in [-0.2, -0.15) is 0 Å². The van der Waals surface area contributed by atoms with Crippen LogP contribution in [0.15, 0.2) is 0 Å². The number of nitrogens with one attached hydrogen (secondary N) is 1. The second-order valence-corrected chi connectivity index (χ2v) is 6.04. The highest BCUT2D eigenvalue weighted by Gasteiger charge is 2.28. The number of carbonyl (C=O) groups excluding carboxylic acids is 1. The molecule has 122 valence electrons. The molecule has 0 aromatic heterocycles. The van der Waals surface area contributed by atoms with Gasteiger partial charge in [0.15, 0.2) is 0 Å². The number of hydrogen-bond acceptors (Lipinski definition) is 2. The van der Waals surface area contributed by atoms with E-state index in [4.69, 9.17) is 5.11 Å². The Bertz CT molecular complexity index is 333. The second kappa shape index (κ2) is 9.64. The van der Waals surface area contributed by atoms with E-state index >= 15 is 0 Å². The number of piperidine rings is 1. The molecule has 5 heteroatoms. The number of carboxylic acid groups (broad SMARTS) is 1. The van der Waals surface area contributed by atoms with Crippen molar-refractivity contribution in [3.05, 3.63) is 0 Å². The molecule has 2 N–H and O–H groups in total. The molecule has 2 amide bonds. The van der Waals surface area contributed by atoms with E-state index in [1.165, 1.54) is 12.8 Å². The Labute approximate surface area is 128 Å². The van der Waals surface area contributed by atoms with Gasteiger partial charge in [0.1, 0.15) is 0 Å². The van der Waals surface area contributed by atoms with E-state index in [1.54, 1.807) is 4.90 Å². The molecule has 1 rings (SSSR count). The topological polar surface area (TPSA) is 69.6 Å². The van der Waals surface area contributed by atoms with Gasteiger partial charge in [0.2, 0.25) is 0 Å². The number of aliphatic carboxylic acids is 1. The Hall–Kier alpha value is -1.26. The van der Waals surface area contributed by atoms with E-state index in [1.807, 2.05) is 0 Å². The summed E-state index contributed by atoms with van der Waals surface area (Å²) in [6, 6.07) is -0.233. The predicted molar refractivity (Wildman–Crippen MR) is 83.3 cm³/mol. The first-order valence-electron chi connectivity index (χ1n) is 8.34. The smallest absolute Gasteiger partial charge is 0.317 e. The molecule has 5 nitrogen and oxygen atoms in total. The summed E-state index contributed by atoms with van der Waals surface area (Å²) in [6.07, 6.45) is 7.42. The minimum absolute atomic E-state index is 0.0560. The molecule has 1 aliphatic heterocycles. The third kappa shape index (κ3) is 6.36. The fraction of sp³-hybridized carbons (Fsp3) is 0.875. The van der Waals surface area contributed by atoms with Crippen LogP contribution < -0.4 is 5.32 Å². The zero-order valence-corrected chi connectivity index (χ0v) is 13.4. The molecule has 2 atom stereocenters. The molecule has 1 saturated heterocycles.